The smallest absolute Gasteiger partial charge is 0.545 e. The normalized spacial score (nSPS) is 21.3. The molecule has 4 rings (SSSR count). The summed E-state index contributed by atoms with van der Waals surface area (Å²) in [4.78, 5) is 20.5. The molecule has 0 bridgehead atoms. The summed E-state index contributed by atoms with van der Waals surface area (Å²) in [5.74, 6) is 0.418. The van der Waals surface area contributed by atoms with E-state index in [4.69, 9.17) is 19.0 Å². The Hall–Kier alpha value is -1.61. The van der Waals surface area contributed by atoms with Crippen LogP contribution < -0.4 is 66.8 Å². The molecule has 0 aromatic heterocycles. The molecule has 2 saturated heterocycles. The molecule has 36 heavy (non-hydrogen) atoms. The molecule has 2 aliphatic rings. The largest absolute Gasteiger partial charge is 1.00 e. The zero-order valence-electron chi connectivity index (χ0n) is 21.2. The van der Waals surface area contributed by atoms with Gasteiger partial charge in [0.25, 0.3) is 5.91 Å². The SMILES string of the molecule is COc1[c-]cc(-c2ccc(CC(C#N)NC(=O)C3CNCC4(CCCO4)CO3)cc2)cc1.[CH-]=O.[CH3-].[K+]. The van der Waals surface area contributed by atoms with Crippen LogP contribution in [0.3, 0.4) is 0 Å². The number of hydrogen-bond donors (Lipinski definition) is 2. The predicted molar refractivity (Wildman–Crippen MR) is 132 cm³/mol. The number of nitriles is 1. The number of benzene rings is 2. The summed E-state index contributed by atoms with van der Waals surface area (Å²) in [6, 6.07) is 18.3. The first-order valence-corrected chi connectivity index (χ1v) is 11.2. The molecule has 0 radical (unpaired) electrons. The van der Waals surface area contributed by atoms with Crippen LogP contribution in [-0.4, -0.2) is 63.9 Å². The Labute approximate surface area is 256 Å². The maximum absolute atomic E-state index is 12.7. The number of nitrogens with one attached hydrogen (secondary N) is 2. The second-order valence-corrected chi connectivity index (χ2v) is 8.30. The van der Waals surface area contributed by atoms with Crippen molar-refractivity contribution in [1.29, 1.82) is 5.26 Å². The minimum Gasteiger partial charge on any atom is -0.545 e. The fraction of sp³-hybridized carbons (Fsp3) is 0.407. The number of carbonyl (C=O) groups is 1. The van der Waals surface area contributed by atoms with Crippen molar-refractivity contribution in [3.63, 3.8) is 0 Å². The number of ether oxygens (including phenoxy) is 3. The second kappa shape index (κ2) is 16.3. The van der Waals surface area contributed by atoms with E-state index in [1.165, 1.54) is 0 Å². The van der Waals surface area contributed by atoms with Crippen molar-refractivity contribution in [2.45, 2.75) is 37.0 Å². The first-order valence-electron chi connectivity index (χ1n) is 11.2. The molecule has 9 heteroatoms. The van der Waals surface area contributed by atoms with Gasteiger partial charge in [-0.05, 0) is 18.4 Å². The van der Waals surface area contributed by atoms with Crippen LogP contribution in [0, 0.1) is 24.8 Å². The van der Waals surface area contributed by atoms with Crippen LogP contribution in [-0.2, 0) is 25.5 Å². The predicted octanol–water partition coefficient (Wildman–Crippen LogP) is -0.569. The minimum atomic E-state index is -0.636. The van der Waals surface area contributed by atoms with Crippen molar-refractivity contribution >= 4 is 12.7 Å². The number of nitrogens with zero attached hydrogens (tertiary/aromatic N) is 1. The van der Waals surface area contributed by atoms with Crippen molar-refractivity contribution in [1.82, 2.24) is 10.6 Å². The van der Waals surface area contributed by atoms with Crippen LogP contribution in [0.5, 0.6) is 5.75 Å². The van der Waals surface area contributed by atoms with Crippen LogP contribution in [0.4, 0.5) is 0 Å². The molecule has 2 aromatic rings. The van der Waals surface area contributed by atoms with E-state index >= 15 is 0 Å². The van der Waals surface area contributed by atoms with Crippen molar-refractivity contribution in [2.75, 3.05) is 33.4 Å². The van der Waals surface area contributed by atoms with Gasteiger partial charge in [-0.3, -0.25) is 11.6 Å². The van der Waals surface area contributed by atoms with Crippen LogP contribution in [0.1, 0.15) is 18.4 Å². The van der Waals surface area contributed by atoms with Gasteiger partial charge in [-0.1, -0.05) is 29.8 Å². The quantitative estimate of drug-likeness (QED) is 0.300. The second-order valence-electron chi connectivity index (χ2n) is 8.30. The molecule has 2 fully saturated rings. The van der Waals surface area contributed by atoms with Gasteiger partial charge in [-0.2, -0.15) is 17.4 Å². The third-order valence-electron chi connectivity index (χ3n) is 6.01. The Morgan fingerprint density at radius 2 is 2.03 bits per heavy atom. The van der Waals surface area contributed by atoms with E-state index < -0.39 is 12.1 Å². The molecule has 8 nitrogen and oxygen atoms in total. The standard InChI is InChI=1S/C25H28N3O4.CHO.CH3.K/c1-30-22-9-7-20(8-10-22)19-5-3-18(4-6-19)13-21(14-26)28-24(29)23-15-27-16-25(17-31-23)11-2-12-32-25;1-2;;/h3-9,21,23,27H,2,11-13,15-17H2,1H3,(H,28,29);1H;1H3;/q3*-1;+1. The maximum atomic E-state index is 12.7. The molecular weight excluding hydrogens is 485 g/mol. The van der Waals surface area contributed by atoms with Gasteiger partial charge in [0.05, 0.1) is 19.8 Å². The Morgan fingerprint density at radius 1 is 1.31 bits per heavy atom. The van der Waals surface area contributed by atoms with Gasteiger partial charge in [0, 0.05) is 31.9 Å². The number of hydrogen-bond acceptors (Lipinski definition) is 7. The maximum Gasteiger partial charge on any atom is 1.00 e. The van der Waals surface area contributed by atoms with E-state index in [-0.39, 0.29) is 70.3 Å². The molecular formula is C27H32KN3O5-2. The van der Waals surface area contributed by atoms with Crippen molar-refractivity contribution in [3.05, 3.63) is 61.5 Å². The fourth-order valence-electron chi connectivity index (χ4n) is 4.15. The van der Waals surface area contributed by atoms with Gasteiger partial charge in [0.1, 0.15) is 17.7 Å². The van der Waals surface area contributed by atoms with Crippen molar-refractivity contribution in [2.24, 2.45) is 0 Å². The summed E-state index contributed by atoms with van der Waals surface area (Å²) < 4.78 is 16.8. The molecule has 2 N–H and O–H groups in total. The molecule has 3 unspecified atom stereocenters. The van der Waals surface area contributed by atoms with E-state index in [0.717, 1.165) is 36.1 Å². The van der Waals surface area contributed by atoms with Gasteiger partial charge in [-0.15, -0.1) is 17.7 Å². The first kappa shape index (κ1) is 32.4. The Bertz CT molecular complexity index is 972. The number of amides is 1. The molecule has 3 atom stereocenters. The Balaban J connectivity index is 0.00000158. The molecule has 2 aromatic carbocycles. The van der Waals surface area contributed by atoms with Crippen LogP contribution in [0.15, 0.2) is 42.5 Å². The molecule has 0 saturated carbocycles. The zero-order chi connectivity index (χ0) is 24.4. The van der Waals surface area contributed by atoms with Crippen LogP contribution in [0.25, 0.3) is 11.1 Å². The van der Waals surface area contributed by atoms with E-state index in [1.807, 2.05) is 42.5 Å². The molecule has 1 amide bonds. The van der Waals surface area contributed by atoms with E-state index in [0.29, 0.717) is 31.9 Å². The van der Waals surface area contributed by atoms with E-state index in [1.54, 1.807) is 7.11 Å². The topological polar surface area (TPSA) is 110 Å². The molecule has 0 aliphatic carbocycles. The summed E-state index contributed by atoms with van der Waals surface area (Å²) in [7, 11) is 1.61. The first-order chi connectivity index (χ1) is 16.6. The summed E-state index contributed by atoms with van der Waals surface area (Å²) in [5, 5.41) is 15.7. The summed E-state index contributed by atoms with van der Waals surface area (Å²) in [6.45, 7) is 5.45. The van der Waals surface area contributed by atoms with Gasteiger partial charge >= 0.3 is 51.4 Å². The van der Waals surface area contributed by atoms with Crippen LogP contribution >= 0.6 is 0 Å². The number of rotatable bonds is 6. The van der Waals surface area contributed by atoms with E-state index in [9.17, 15) is 10.1 Å². The summed E-state index contributed by atoms with van der Waals surface area (Å²) >= 11 is 0. The van der Waals surface area contributed by atoms with Gasteiger partial charge in [0.15, 0.2) is 0 Å². The summed E-state index contributed by atoms with van der Waals surface area (Å²) in [5.41, 5.74) is 2.72. The minimum absolute atomic E-state index is 0. The van der Waals surface area contributed by atoms with Gasteiger partial charge < -0.3 is 37.1 Å². The summed E-state index contributed by atoms with van der Waals surface area (Å²) in [6.07, 6.45) is 1.72. The van der Waals surface area contributed by atoms with Crippen molar-refractivity contribution in [3.8, 4) is 22.9 Å². The van der Waals surface area contributed by atoms with Gasteiger partial charge in [-0.25, -0.2) is 0 Å². The molecule has 2 heterocycles. The fourth-order valence-corrected chi connectivity index (χ4v) is 4.15. The molecule has 2 aliphatic heterocycles. The number of carbonyl (C=O) groups excluding carboxylic acids is 2. The van der Waals surface area contributed by atoms with Crippen LogP contribution in [0.2, 0.25) is 0 Å². The molecule has 188 valence electrons. The Morgan fingerprint density at radius 3 is 2.61 bits per heavy atom. The zero-order valence-corrected chi connectivity index (χ0v) is 24.3. The average molecular weight is 518 g/mol. The Kier molecular flexibility index (Phi) is 14.7. The third-order valence-corrected chi connectivity index (χ3v) is 6.01. The third kappa shape index (κ3) is 8.75. The average Bonchev–Trinajstić information content (AvgIpc) is 3.25. The van der Waals surface area contributed by atoms with Crippen molar-refractivity contribution < 1.29 is 75.2 Å². The molecule has 1 spiro atoms. The number of methoxy groups -OCH3 is 1. The monoisotopic (exact) mass is 517 g/mol. The van der Waals surface area contributed by atoms with Gasteiger partial charge in [0.2, 0.25) is 0 Å². The van der Waals surface area contributed by atoms with E-state index in [2.05, 4.69) is 29.6 Å².